The van der Waals surface area contributed by atoms with E-state index in [1.165, 1.54) is 9.13 Å². The first-order valence-electron chi connectivity index (χ1n) is 3.68. The highest BCUT2D eigenvalue weighted by Gasteiger charge is 1.96. The monoisotopic (exact) mass is 297 g/mol. The maximum Gasteiger partial charge on any atom is 0.0133 e. The van der Waals surface area contributed by atoms with Gasteiger partial charge in [-0.15, -0.1) is 12.4 Å². The lowest BCUT2D eigenvalue weighted by molar-refractivity contribution is 0.738. The Morgan fingerprint density at radius 1 is 1.50 bits per heavy atom. The van der Waals surface area contributed by atoms with Crippen molar-refractivity contribution < 1.29 is 0 Å². The molecule has 1 rings (SSSR count). The van der Waals surface area contributed by atoms with Crippen LogP contribution in [0.4, 0.5) is 0 Å². The summed E-state index contributed by atoms with van der Waals surface area (Å²) in [5.41, 5.74) is 7.00. The van der Waals surface area contributed by atoms with Gasteiger partial charge in [0.1, 0.15) is 0 Å². The van der Waals surface area contributed by atoms with E-state index >= 15 is 0 Å². The normalized spacial score (nSPS) is 11.9. The van der Waals surface area contributed by atoms with Crippen LogP contribution in [0.15, 0.2) is 24.3 Å². The average Bonchev–Trinajstić information content (AvgIpc) is 1.85. The fourth-order valence-corrected chi connectivity index (χ4v) is 1.64. The van der Waals surface area contributed by atoms with Gasteiger partial charge in [-0.2, -0.15) is 0 Å². The SMILES string of the molecule is CC(N)Cc1cccc(I)c1.Cl. The molecule has 68 valence electrons. The Labute approximate surface area is 93.3 Å². The van der Waals surface area contributed by atoms with Crippen molar-refractivity contribution in [2.45, 2.75) is 19.4 Å². The van der Waals surface area contributed by atoms with Crippen molar-refractivity contribution >= 4 is 35.0 Å². The summed E-state index contributed by atoms with van der Waals surface area (Å²) in [4.78, 5) is 0. The molecule has 0 bridgehead atoms. The van der Waals surface area contributed by atoms with Crippen LogP contribution in [0, 0.1) is 3.57 Å². The molecule has 0 aliphatic carbocycles. The third-order valence-corrected chi connectivity index (χ3v) is 2.12. The van der Waals surface area contributed by atoms with Gasteiger partial charge in [-0.05, 0) is 53.6 Å². The Morgan fingerprint density at radius 3 is 2.67 bits per heavy atom. The minimum Gasteiger partial charge on any atom is -0.328 e. The number of halogens is 2. The first kappa shape index (κ1) is 12.2. The molecule has 0 saturated heterocycles. The lowest BCUT2D eigenvalue weighted by Gasteiger charge is -2.04. The Morgan fingerprint density at radius 2 is 2.17 bits per heavy atom. The van der Waals surface area contributed by atoms with Gasteiger partial charge < -0.3 is 5.73 Å². The molecule has 0 aromatic heterocycles. The third kappa shape index (κ3) is 4.28. The highest BCUT2D eigenvalue weighted by molar-refractivity contribution is 14.1. The zero-order valence-corrected chi connectivity index (χ0v) is 9.93. The van der Waals surface area contributed by atoms with Gasteiger partial charge in [-0.1, -0.05) is 12.1 Å². The fraction of sp³-hybridized carbons (Fsp3) is 0.333. The summed E-state index contributed by atoms with van der Waals surface area (Å²) in [6.07, 6.45) is 0.969. The summed E-state index contributed by atoms with van der Waals surface area (Å²) in [6.45, 7) is 2.03. The lowest BCUT2D eigenvalue weighted by Crippen LogP contribution is -2.17. The number of rotatable bonds is 2. The van der Waals surface area contributed by atoms with E-state index in [1.54, 1.807) is 0 Å². The highest BCUT2D eigenvalue weighted by atomic mass is 127. The molecular weight excluding hydrogens is 284 g/mol. The van der Waals surface area contributed by atoms with Gasteiger partial charge in [0.05, 0.1) is 0 Å². The molecule has 0 radical (unpaired) electrons. The molecule has 1 aromatic carbocycles. The molecule has 0 heterocycles. The summed E-state index contributed by atoms with van der Waals surface area (Å²) in [7, 11) is 0. The van der Waals surface area contributed by atoms with E-state index in [1.807, 2.05) is 6.92 Å². The Kier molecular flexibility index (Phi) is 5.88. The molecular formula is C9H13ClIN. The van der Waals surface area contributed by atoms with Crippen LogP contribution in [0.5, 0.6) is 0 Å². The second-order valence-electron chi connectivity index (χ2n) is 2.81. The highest BCUT2D eigenvalue weighted by Crippen LogP contribution is 2.08. The molecule has 0 saturated carbocycles. The molecule has 0 spiro atoms. The van der Waals surface area contributed by atoms with Crippen LogP contribution in [-0.4, -0.2) is 6.04 Å². The minimum atomic E-state index is 0. The molecule has 2 N–H and O–H groups in total. The van der Waals surface area contributed by atoms with Gasteiger partial charge in [0.2, 0.25) is 0 Å². The first-order chi connectivity index (χ1) is 5.18. The maximum absolute atomic E-state index is 5.67. The number of hydrogen-bond acceptors (Lipinski definition) is 1. The van der Waals surface area contributed by atoms with Crippen LogP contribution >= 0.6 is 35.0 Å². The van der Waals surface area contributed by atoms with E-state index in [2.05, 4.69) is 46.9 Å². The van der Waals surface area contributed by atoms with Crippen molar-refractivity contribution in [3.05, 3.63) is 33.4 Å². The molecule has 0 aliphatic heterocycles. The molecule has 1 aromatic rings. The van der Waals surface area contributed by atoms with E-state index in [4.69, 9.17) is 5.73 Å². The summed E-state index contributed by atoms with van der Waals surface area (Å²) in [6, 6.07) is 8.70. The molecule has 12 heavy (non-hydrogen) atoms. The minimum absolute atomic E-state index is 0. The fourth-order valence-electron chi connectivity index (χ4n) is 1.04. The Bertz CT molecular complexity index is 238. The van der Waals surface area contributed by atoms with Crippen LogP contribution in [-0.2, 0) is 6.42 Å². The maximum atomic E-state index is 5.67. The quantitative estimate of drug-likeness (QED) is 0.834. The summed E-state index contributed by atoms with van der Waals surface area (Å²) in [5.74, 6) is 0. The van der Waals surface area contributed by atoms with Crippen LogP contribution < -0.4 is 5.73 Å². The van der Waals surface area contributed by atoms with Gasteiger partial charge in [0.15, 0.2) is 0 Å². The zero-order valence-electron chi connectivity index (χ0n) is 6.96. The van der Waals surface area contributed by atoms with Crippen LogP contribution in [0.1, 0.15) is 12.5 Å². The second kappa shape index (κ2) is 5.78. The van der Waals surface area contributed by atoms with Crippen molar-refractivity contribution in [2.24, 2.45) is 5.73 Å². The molecule has 0 amide bonds. The average molecular weight is 298 g/mol. The van der Waals surface area contributed by atoms with Crippen LogP contribution in [0.2, 0.25) is 0 Å². The Hall–Kier alpha value is 0.200. The summed E-state index contributed by atoms with van der Waals surface area (Å²) >= 11 is 2.31. The van der Waals surface area contributed by atoms with Crippen molar-refractivity contribution in [2.75, 3.05) is 0 Å². The Balaban J connectivity index is 0.00000121. The molecule has 0 fully saturated rings. The number of nitrogens with two attached hydrogens (primary N) is 1. The van der Waals surface area contributed by atoms with Gasteiger partial charge >= 0.3 is 0 Å². The predicted molar refractivity (Wildman–Crippen MR) is 63.8 cm³/mol. The smallest absolute Gasteiger partial charge is 0.0133 e. The summed E-state index contributed by atoms with van der Waals surface area (Å²) in [5, 5.41) is 0. The number of benzene rings is 1. The molecule has 1 atom stereocenters. The largest absolute Gasteiger partial charge is 0.328 e. The second-order valence-corrected chi connectivity index (χ2v) is 4.06. The van der Waals surface area contributed by atoms with Crippen LogP contribution in [0.3, 0.4) is 0 Å². The molecule has 1 nitrogen and oxygen atoms in total. The van der Waals surface area contributed by atoms with Crippen LogP contribution in [0.25, 0.3) is 0 Å². The van der Waals surface area contributed by atoms with E-state index in [-0.39, 0.29) is 18.4 Å². The van der Waals surface area contributed by atoms with Crippen molar-refractivity contribution in [3.63, 3.8) is 0 Å². The van der Waals surface area contributed by atoms with E-state index in [0.717, 1.165) is 6.42 Å². The number of hydrogen-bond donors (Lipinski definition) is 1. The van der Waals surface area contributed by atoms with Gasteiger partial charge in [0, 0.05) is 9.61 Å². The van der Waals surface area contributed by atoms with E-state index < -0.39 is 0 Å². The standard InChI is InChI=1S/C9H12IN.ClH/c1-7(11)5-8-3-2-4-9(10)6-8;/h2-4,6-7H,5,11H2,1H3;1H. The van der Waals surface area contributed by atoms with Gasteiger partial charge in [-0.25, -0.2) is 0 Å². The third-order valence-electron chi connectivity index (χ3n) is 1.45. The van der Waals surface area contributed by atoms with Gasteiger partial charge in [0.25, 0.3) is 0 Å². The topological polar surface area (TPSA) is 26.0 Å². The molecule has 1 unspecified atom stereocenters. The van der Waals surface area contributed by atoms with Crippen molar-refractivity contribution in [1.29, 1.82) is 0 Å². The molecule has 3 heteroatoms. The van der Waals surface area contributed by atoms with E-state index in [0.29, 0.717) is 0 Å². The van der Waals surface area contributed by atoms with Crippen molar-refractivity contribution in [1.82, 2.24) is 0 Å². The predicted octanol–water partition coefficient (Wildman–Crippen LogP) is 2.60. The van der Waals surface area contributed by atoms with Gasteiger partial charge in [-0.3, -0.25) is 0 Å². The lowest BCUT2D eigenvalue weighted by atomic mass is 10.1. The molecule has 0 aliphatic rings. The van der Waals surface area contributed by atoms with E-state index in [9.17, 15) is 0 Å². The zero-order chi connectivity index (χ0) is 8.27. The van der Waals surface area contributed by atoms with Crippen molar-refractivity contribution in [3.8, 4) is 0 Å². The summed E-state index contributed by atoms with van der Waals surface area (Å²) < 4.78 is 1.28. The first-order valence-corrected chi connectivity index (χ1v) is 4.76.